The van der Waals surface area contributed by atoms with Crippen LogP contribution in [0.25, 0.3) is 0 Å². The number of nitrogens with two attached hydrogens (primary N) is 1. The molecule has 0 bridgehead atoms. The number of nitrogens with one attached hydrogen (secondary N) is 1. The highest BCUT2D eigenvalue weighted by Gasteiger charge is 2.19. The second-order valence-corrected chi connectivity index (χ2v) is 4.07. The third kappa shape index (κ3) is 2.68. The Hall–Kier alpha value is -1.75. The third-order valence-corrected chi connectivity index (χ3v) is 2.86. The molecule has 2 rings (SSSR count). The number of ether oxygens (including phenoxy) is 1. The van der Waals surface area contributed by atoms with Gasteiger partial charge in [0.25, 0.3) is 0 Å². The molecule has 3 N–H and O–H groups in total. The van der Waals surface area contributed by atoms with Gasteiger partial charge in [-0.3, -0.25) is 10.3 Å². The average Bonchev–Trinajstić information content (AvgIpc) is 2.28. The first-order valence-corrected chi connectivity index (χ1v) is 5.60. The van der Waals surface area contributed by atoms with Crippen molar-refractivity contribution < 1.29 is 14.4 Å². The first-order valence-electron chi connectivity index (χ1n) is 5.60. The van der Waals surface area contributed by atoms with E-state index < -0.39 is 5.97 Å². The lowest BCUT2D eigenvalue weighted by Crippen LogP contribution is -2.24. The summed E-state index contributed by atoms with van der Waals surface area (Å²) in [4.78, 5) is 16.8. The van der Waals surface area contributed by atoms with Crippen molar-refractivity contribution in [3.8, 4) is 0 Å². The van der Waals surface area contributed by atoms with Crippen LogP contribution >= 0.6 is 0 Å². The van der Waals surface area contributed by atoms with Gasteiger partial charge in [0, 0.05) is 0 Å². The monoisotopic (exact) mass is 236 g/mol. The molecule has 0 aliphatic heterocycles. The summed E-state index contributed by atoms with van der Waals surface area (Å²) in [5.41, 5.74) is 10.2. The Morgan fingerprint density at radius 1 is 1.47 bits per heavy atom. The second-order valence-electron chi connectivity index (χ2n) is 4.07. The molecule has 1 aliphatic rings. The van der Waals surface area contributed by atoms with E-state index in [4.69, 9.17) is 10.6 Å². The van der Waals surface area contributed by atoms with Crippen LogP contribution in [-0.2, 0) is 9.57 Å². The summed E-state index contributed by atoms with van der Waals surface area (Å²) in [6.07, 6.45) is 3.56. The van der Waals surface area contributed by atoms with E-state index in [0.29, 0.717) is 16.9 Å². The molecule has 0 radical (unpaired) electrons. The SMILES string of the molecule is COC(=O)c1ccc(N)c(NOC2CCC2)c1. The lowest BCUT2D eigenvalue weighted by Gasteiger charge is -2.25. The van der Waals surface area contributed by atoms with E-state index in [9.17, 15) is 4.79 Å². The number of carbonyl (C=O) groups is 1. The highest BCUT2D eigenvalue weighted by Crippen LogP contribution is 2.25. The minimum atomic E-state index is -0.392. The average molecular weight is 236 g/mol. The zero-order valence-corrected chi connectivity index (χ0v) is 9.73. The lowest BCUT2D eigenvalue weighted by molar-refractivity contribution is 0.0393. The molecular formula is C12H16N2O3. The number of anilines is 2. The fourth-order valence-electron chi connectivity index (χ4n) is 1.52. The Morgan fingerprint density at radius 3 is 2.82 bits per heavy atom. The molecule has 5 heteroatoms. The predicted molar refractivity (Wildman–Crippen MR) is 64.5 cm³/mol. The Kier molecular flexibility index (Phi) is 3.49. The van der Waals surface area contributed by atoms with Crippen molar-refractivity contribution in [2.24, 2.45) is 0 Å². The molecular weight excluding hydrogens is 220 g/mol. The molecule has 1 aromatic carbocycles. The minimum absolute atomic E-state index is 0.246. The van der Waals surface area contributed by atoms with Gasteiger partial charge in [-0.25, -0.2) is 4.79 Å². The van der Waals surface area contributed by atoms with Crippen LogP contribution in [0.3, 0.4) is 0 Å². The van der Waals surface area contributed by atoms with Gasteiger partial charge in [-0.1, -0.05) is 0 Å². The van der Waals surface area contributed by atoms with Crippen molar-refractivity contribution in [1.29, 1.82) is 0 Å². The fraction of sp³-hybridized carbons (Fsp3) is 0.417. The summed E-state index contributed by atoms with van der Waals surface area (Å²) in [5, 5.41) is 0. The third-order valence-electron chi connectivity index (χ3n) is 2.86. The van der Waals surface area contributed by atoms with Crippen molar-refractivity contribution in [1.82, 2.24) is 0 Å². The predicted octanol–water partition coefficient (Wildman–Crippen LogP) is 1.95. The van der Waals surface area contributed by atoms with Crippen LogP contribution in [0.5, 0.6) is 0 Å². The van der Waals surface area contributed by atoms with Gasteiger partial charge in [-0.15, -0.1) is 0 Å². The maximum atomic E-state index is 11.4. The topological polar surface area (TPSA) is 73.6 Å². The molecule has 0 aromatic heterocycles. The van der Waals surface area contributed by atoms with Gasteiger partial charge < -0.3 is 10.5 Å². The Morgan fingerprint density at radius 2 is 2.24 bits per heavy atom. The number of hydrogen-bond acceptors (Lipinski definition) is 5. The van der Waals surface area contributed by atoms with Crippen molar-refractivity contribution >= 4 is 17.3 Å². The number of methoxy groups -OCH3 is 1. The van der Waals surface area contributed by atoms with E-state index in [-0.39, 0.29) is 6.10 Å². The van der Waals surface area contributed by atoms with E-state index in [0.717, 1.165) is 12.8 Å². The highest BCUT2D eigenvalue weighted by atomic mass is 16.7. The van der Waals surface area contributed by atoms with Crippen molar-refractivity contribution in [3.63, 3.8) is 0 Å². The molecule has 1 aromatic rings. The van der Waals surface area contributed by atoms with E-state index >= 15 is 0 Å². The highest BCUT2D eigenvalue weighted by molar-refractivity contribution is 5.91. The van der Waals surface area contributed by atoms with Crippen LogP contribution in [0.4, 0.5) is 11.4 Å². The molecule has 92 valence electrons. The summed E-state index contributed by atoms with van der Waals surface area (Å²) >= 11 is 0. The number of carbonyl (C=O) groups excluding carboxylic acids is 1. The zero-order valence-electron chi connectivity index (χ0n) is 9.73. The van der Waals surface area contributed by atoms with Gasteiger partial charge in [0.15, 0.2) is 0 Å². The number of rotatable bonds is 4. The summed E-state index contributed by atoms with van der Waals surface area (Å²) in [7, 11) is 1.34. The second kappa shape index (κ2) is 5.05. The van der Waals surface area contributed by atoms with Crippen LogP contribution in [-0.4, -0.2) is 19.2 Å². The van der Waals surface area contributed by atoms with E-state index in [1.807, 2.05) is 0 Å². The normalized spacial score (nSPS) is 15.1. The van der Waals surface area contributed by atoms with Gasteiger partial charge in [0.2, 0.25) is 0 Å². The standard InChI is InChI=1S/C12H16N2O3/c1-16-12(15)8-5-6-10(13)11(7-8)14-17-9-3-2-4-9/h5-7,9,14H,2-4,13H2,1H3. The Labute approximate surface area is 99.8 Å². The first-order chi connectivity index (χ1) is 8.20. The molecule has 0 spiro atoms. The lowest BCUT2D eigenvalue weighted by atomic mass is 9.97. The maximum Gasteiger partial charge on any atom is 0.337 e. The van der Waals surface area contributed by atoms with Crippen molar-refractivity contribution in [2.45, 2.75) is 25.4 Å². The Balaban J connectivity index is 2.05. The molecule has 17 heavy (non-hydrogen) atoms. The van der Waals surface area contributed by atoms with Gasteiger partial charge >= 0.3 is 5.97 Å². The molecule has 1 aliphatic carbocycles. The van der Waals surface area contributed by atoms with Crippen molar-refractivity contribution in [3.05, 3.63) is 23.8 Å². The minimum Gasteiger partial charge on any atom is -0.465 e. The summed E-state index contributed by atoms with van der Waals surface area (Å²) < 4.78 is 4.64. The number of hydrogen-bond donors (Lipinski definition) is 2. The zero-order chi connectivity index (χ0) is 12.3. The van der Waals surface area contributed by atoms with Crippen LogP contribution in [0.15, 0.2) is 18.2 Å². The van der Waals surface area contributed by atoms with E-state index in [1.54, 1.807) is 18.2 Å². The van der Waals surface area contributed by atoms with Crippen molar-refractivity contribution in [2.75, 3.05) is 18.3 Å². The van der Waals surface area contributed by atoms with Gasteiger partial charge in [-0.05, 0) is 37.5 Å². The molecule has 1 saturated carbocycles. The fourth-order valence-corrected chi connectivity index (χ4v) is 1.52. The summed E-state index contributed by atoms with van der Waals surface area (Å²) in [6.45, 7) is 0. The molecule has 5 nitrogen and oxygen atoms in total. The molecule has 0 unspecified atom stereocenters. The van der Waals surface area contributed by atoms with Crippen LogP contribution in [0.2, 0.25) is 0 Å². The maximum absolute atomic E-state index is 11.4. The van der Waals surface area contributed by atoms with Gasteiger partial charge in [0.1, 0.15) is 0 Å². The smallest absolute Gasteiger partial charge is 0.337 e. The molecule has 0 saturated heterocycles. The molecule has 1 fully saturated rings. The molecule has 0 amide bonds. The number of esters is 1. The van der Waals surface area contributed by atoms with E-state index in [1.165, 1.54) is 13.5 Å². The Bertz CT molecular complexity index is 416. The number of nitrogen functional groups attached to an aromatic ring is 1. The van der Waals surface area contributed by atoms with Crippen LogP contribution in [0.1, 0.15) is 29.6 Å². The first kappa shape index (κ1) is 11.7. The largest absolute Gasteiger partial charge is 0.465 e. The quantitative estimate of drug-likeness (QED) is 0.475. The van der Waals surface area contributed by atoms with Crippen LogP contribution < -0.4 is 11.2 Å². The van der Waals surface area contributed by atoms with Crippen LogP contribution in [0, 0.1) is 0 Å². The van der Waals surface area contributed by atoms with Gasteiger partial charge in [0.05, 0.1) is 30.2 Å². The molecule has 0 atom stereocenters. The van der Waals surface area contributed by atoms with E-state index in [2.05, 4.69) is 10.2 Å². The van der Waals surface area contributed by atoms with Gasteiger partial charge in [-0.2, -0.15) is 0 Å². The number of benzene rings is 1. The summed E-state index contributed by atoms with van der Waals surface area (Å²) in [5.74, 6) is -0.392. The summed E-state index contributed by atoms with van der Waals surface area (Å²) in [6, 6.07) is 4.90. The molecule has 0 heterocycles.